The number of hydrogen-bond donors (Lipinski definition) is 2. The Bertz CT molecular complexity index is 641. The number of carbonyl (C=O) groups is 1. The molecule has 5 nitrogen and oxygen atoms in total. The molecule has 2 aromatic rings. The van der Waals surface area contributed by atoms with Gasteiger partial charge in [0, 0.05) is 5.69 Å². The molecule has 1 aromatic heterocycles. The number of ether oxygens (including phenoxy) is 1. The molecule has 0 atom stereocenters. The van der Waals surface area contributed by atoms with Crippen molar-refractivity contribution in [1.82, 2.24) is 4.98 Å². The summed E-state index contributed by atoms with van der Waals surface area (Å²) in [6.07, 6.45) is 0. The van der Waals surface area contributed by atoms with Crippen molar-refractivity contribution in [3.05, 3.63) is 53.2 Å². The number of hydrogen-bond acceptors (Lipinski definition) is 4. The highest BCUT2D eigenvalue weighted by molar-refractivity contribution is 5.93. The van der Waals surface area contributed by atoms with Gasteiger partial charge in [-0.15, -0.1) is 0 Å². The quantitative estimate of drug-likeness (QED) is 0.799. The minimum absolute atomic E-state index is 0.163. The molecule has 1 aromatic carbocycles. The largest absolute Gasteiger partial charge is 0.492 e. The topological polar surface area (TPSA) is 71.5 Å². The molecule has 0 aliphatic carbocycles. The molecule has 0 aliphatic rings. The lowest BCUT2D eigenvalue weighted by atomic mass is 10.2. The molecule has 5 heteroatoms. The molecule has 21 heavy (non-hydrogen) atoms. The van der Waals surface area contributed by atoms with E-state index in [-0.39, 0.29) is 5.56 Å². The SMILES string of the molecule is Cc1cccc(OCCNc2nc(C)ccc2C(=O)O)c1. The second-order valence-corrected chi connectivity index (χ2v) is 4.75. The maximum atomic E-state index is 11.1. The van der Waals surface area contributed by atoms with E-state index in [1.54, 1.807) is 12.1 Å². The summed E-state index contributed by atoms with van der Waals surface area (Å²) >= 11 is 0. The zero-order chi connectivity index (χ0) is 15.2. The molecule has 0 unspecified atom stereocenters. The summed E-state index contributed by atoms with van der Waals surface area (Å²) in [6, 6.07) is 11.0. The average Bonchev–Trinajstić information content (AvgIpc) is 2.43. The van der Waals surface area contributed by atoms with Crippen LogP contribution in [0, 0.1) is 13.8 Å². The Morgan fingerprint density at radius 1 is 1.29 bits per heavy atom. The first kappa shape index (κ1) is 14.8. The first-order chi connectivity index (χ1) is 10.1. The smallest absolute Gasteiger partial charge is 0.339 e. The van der Waals surface area contributed by atoms with Crippen LogP contribution in [0.2, 0.25) is 0 Å². The highest BCUT2D eigenvalue weighted by Gasteiger charge is 2.10. The van der Waals surface area contributed by atoms with Crippen molar-refractivity contribution in [2.24, 2.45) is 0 Å². The third kappa shape index (κ3) is 4.21. The molecule has 0 radical (unpaired) electrons. The van der Waals surface area contributed by atoms with Gasteiger partial charge < -0.3 is 15.2 Å². The summed E-state index contributed by atoms with van der Waals surface area (Å²) in [5.41, 5.74) is 2.06. The normalized spacial score (nSPS) is 10.2. The summed E-state index contributed by atoms with van der Waals surface area (Å²) in [7, 11) is 0. The minimum atomic E-state index is -0.996. The van der Waals surface area contributed by atoms with Crippen LogP contribution in [0.15, 0.2) is 36.4 Å². The Kier molecular flexibility index (Phi) is 4.77. The van der Waals surface area contributed by atoms with Gasteiger partial charge in [0.2, 0.25) is 0 Å². The number of anilines is 1. The van der Waals surface area contributed by atoms with Gasteiger partial charge in [0.25, 0.3) is 0 Å². The molecule has 0 saturated carbocycles. The first-order valence-corrected chi connectivity index (χ1v) is 6.70. The lowest BCUT2D eigenvalue weighted by Gasteiger charge is -2.11. The van der Waals surface area contributed by atoms with E-state index in [0.29, 0.717) is 19.0 Å². The molecular formula is C16H18N2O3. The number of rotatable bonds is 6. The van der Waals surface area contributed by atoms with E-state index in [4.69, 9.17) is 9.84 Å². The third-order valence-corrected chi connectivity index (χ3v) is 2.92. The molecule has 0 amide bonds. The van der Waals surface area contributed by atoms with Crippen LogP contribution in [0.3, 0.4) is 0 Å². The standard InChI is InChI=1S/C16H18N2O3/c1-11-4-3-5-13(10-11)21-9-8-17-15-14(16(19)20)7-6-12(2)18-15/h3-7,10H,8-9H2,1-2H3,(H,17,18)(H,19,20). The van der Waals surface area contributed by atoms with Crippen molar-refractivity contribution in [2.75, 3.05) is 18.5 Å². The highest BCUT2D eigenvalue weighted by atomic mass is 16.5. The number of carboxylic acid groups (broad SMARTS) is 1. The summed E-state index contributed by atoms with van der Waals surface area (Å²) in [6.45, 7) is 4.73. The van der Waals surface area contributed by atoms with Crippen molar-refractivity contribution < 1.29 is 14.6 Å². The van der Waals surface area contributed by atoms with Crippen molar-refractivity contribution >= 4 is 11.8 Å². The van der Waals surface area contributed by atoms with E-state index in [1.165, 1.54) is 0 Å². The van der Waals surface area contributed by atoms with Crippen LogP contribution in [-0.4, -0.2) is 29.2 Å². The first-order valence-electron chi connectivity index (χ1n) is 6.70. The second-order valence-electron chi connectivity index (χ2n) is 4.75. The lowest BCUT2D eigenvalue weighted by Crippen LogP contribution is -2.15. The number of benzene rings is 1. The van der Waals surface area contributed by atoms with Crippen molar-refractivity contribution in [2.45, 2.75) is 13.8 Å². The van der Waals surface area contributed by atoms with Crippen LogP contribution in [0.1, 0.15) is 21.6 Å². The van der Waals surface area contributed by atoms with E-state index in [9.17, 15) is 4.79 Å². The molecule has 2 N–H and O–H groups in total. The molecule has 110 valence electrons. The maximum absolute atomic E-state index is 11.1. The monoisotopic (exact) mass is 286 g/mol. The second kappa shape index (κ2) is 6.74. The van der Waals surface area contributed by atoms with Crippen LogP contribution in [0.4, 0.5) is 5.82 Å². The molecule has 2 rings (SSSR count). The number of carboxylic acids is 1. The number of pyridine rings is 1. The summed E-state index contributed by atoms with van der Waals surface area (Å²) in [5.74, 6) is 0.174. The predicted molar refractivity (Wildman–Crippen MR) is 81.1 cm³/mol. The molecule has 0 fully saturated rings. The summed E-state index contributed by atoms with van der Waals surface area (Å²) in [4.78, 5) is 15.3. The van der Waals surface area contributed by atoms with Crippen LogP contribution in [-0.2, 0) is 0 Å². The van der Waals surface area contributed by atoms with Gasteiger partial charge in [0.1, 0.15) is 23.7 Å². The van der Waals surface area contributed by atoms with E-state index < -0.39 is 5.97 Å². The Hall–Kier alpha value is -2.56. The molecule has 0 saturated heterocycles. The van der Waals surface area contributed by atoms with Gasteiger partial charge in [-0.05, 0) is 43.7 Å². The number of aryl methyl sites for hydroxylation is 2. The van der Waals surface area contributed by atoms with E-state index in [0.717, 1.165) is 17.0 Å². The number of nitrogens with zero attached hydrogens (tertiary/aromatic N) is 1. The number of nitrogens with one attached hydrogen (secondary N) is 1. The minimum Gasteiger partial charge on any atom is -0.492 e. The van der Waals surface area contributed by atoms with Gasteiger partial charge in [0.15, 0.2) is 0 Å². The lowest BCUT2D eigenvalue weighted by molar-refractivity contribution is 0.0697. The van der Waals surface area contributed by atoms with Crippen LogP contribution >= 0.6 is 0 Å². The molecule has 1 heterocycles. The van der Waals surface area contributed by atoms with Crippen LogP contribution < -0.4 is 10.1 Å². The van der Waals surface area contributed by atoms with Gasteiger partial charge in [0.05, 0.1) is 6.54 Å². The van der Waals surface area contributed by atoms with E-state index >= 15 is 0 Å². The molecule has 0 aliphatic heterocycles. The van der Waals surface area contributed by atoms with Gasteiger partial charge >= 0.3 is 5.97 Å². The van der Waals surface area contributed by atoms with Crippen LogP contribution in [0.25, 0.3) is 0 Å². The van der Waals surface area contributed by atoms with Gasteiger partial charge in [-0.1, -0.05) is 12.1 Å². The zero-order valence-corrected chi connectivity index (χ0v) is 12.1. The van der Waals surface area contributed by atoms with Crippen molar-refractivity contribution in [3.8, 4) is 5.75 Å². The maximum Gasteiger partial charge on any atom is 0.339 e. The summed E-state index contributed by atoms with van der Waals surface area (Å²) in [5, 5.41) is 12.1. The Labute approximate surface area is 123 Å². The van der Waals surface area contributed by atoms with Crippen LogP contribution in [0.5, 0.6) is 5.75 Å². The summed E-state index contributed by atoms with van der Waals surface area (Å²) < 4.78 is 5.60. The zero-order valence-electron chi connectivity index (χ0n) is 12.1. The molecular weight excluding hydrogens is 268 g/mol. The molecule has 0 bridgehead atoms. The van der Waals surface area contributed by atoms with E-state index in [1.807, 2.05) is 38.1 Å². The Morgan fingerprint density at radius 3 is 2.81 bits per heavy atom. The van der Waals surface area contributed by atoms with Gasteiger partial charge in [-0.3, -0.25) is 0 Å². The fraction of sp³-hybridized carbons (Fsp3) is 0.250. The number of aromatic carboxylic acids is 1. The Balaban J connectivity index is 1.91. The fourth-order valence-electron chi connectivity index (χ4n) is 1.91. The van der Waals surface area contributed by atoms with E-state index in [2.05, 4.69) is 10.3 Å². The average molecular weight is 286 g/mol. The van der Waals surface area contributed by atoms with Crippen molar-refractivity contribution in [3.63, 3.8) is 0 Å². The predicted octanol–water partition coefficient (Wildman–Crippen LogP) is 2.89. The third-order valence-electron chi connectivity index (χ3n) is 2.92. The van der Waals surface area contributed by atoms with Crippen molar-refractivity contribution in [1.29, 1.82) is 0 Å². The molecule has 0 spiro atoms. The number of aromatic nitrogens is 1. The van der Waals surface area contributed by atoms with Gasteiger partial charge in [-0.2, -0.15) is 0 Å². The van der Waals surface area contributed by atoms with Gasteiger partial charge in [-0.25, -0.2) is 9.78 Å². The fourth-order valence-corrected chi connectivity index (χ4v) is 1.91. The highest BCUT2D eigenvalue weighted by Crippen LogP contribution is 2.14. The Morgan fingerprint density at radius 2 is 2.10 bits per heavy atom.